The lowest BCUT2D eigenvalue weighted by Crippen LogP contribution is -2.41. The Kier molecular flexibility index (Phi) is 4.50. The predicted octanol–water partition coefficient (Wildman–Crippen LogP) is 2.48. The number of aryl methyl sites for hydroxylation is 1. The van der Waals surface area contributed by atoms with Crippen LogP contribution in [0.2, 0.25) is 0 Å². The van der Waals surface area contributed by atoms with Crippen LogP contribution in [-0.4, -0.2) is 25.4 Å². The van der Waals surface area contributed by atoms with Crippen molar-refractivity contribution in [2.24, 2.45) is 4.99 Å². The third-order valence-corrected chi connectivity index (χ3v) is 2.81. The lowest BCUT2D eigenvalue weighted by Gasteiger charge is -2.25. The van der Waals surface area contributed by atoms with Crippen LogP contribution in [0, 0.1) is 12.3 Å². The van der Waals surface area contributed by atoms with Gasteiger partial charge in [-0.2, -0.15) is 0 Å². The van der Waals surface area contributed by atoms with Crippen LogP contribution in [0.25, 0.3) is 0 Å². The summed E-state index contributed by atoms with van der Waals surface area (Å²) in [5.74, 6) is 0.691. The first kappa shape index (κ1) is 13.1. The van der Waals surface area contributed by atoms with Crippen molar-refractivity contribution in [3.8, 4) is 0 Å². The lowest BCUT2D eigenvalue weighted by molar-refractivity contribution is 0.975. The minimum Gasteiger partial charge on any atom is -0.352 e. The Labute approximate surface area is 113 Å². The fraction of sp³-hybridized carbons (Fsp3) is 0.200. The van der Waals surface area contributed by atoms with Gasteiger partial charge in [0.05, 0.1) is 0 Å². The summed E-state index contributed by atoms with van der Waals surface area (Å²) in [6, 6.07) is 8.26. The van der Waals surface area contributed by atoms with Gasteiger partial charge in [0.2, 0.25) is 5.96 Å². The van der Waals surface area contributed by atoms with Crippen LogP contribution < -0.4 is 10.2 Å². The monoisotopic (exact) mass is 254 g/mol. The number of guanidine groups is 1. The molecule has 2 rings (SSSR count). The number of allylic oxidation sites excluding steroid dienone is 2. The van der Waals surface area contributed by atoms with Crippen molar-refractivity contribution in [2.45, 2.75) is 6.92 Å². The fourth-order valence-electron chi connectivity index (χ4n) is 1.92. The van der Waals surface area contributed by atoms with Crippen molar-refractivity contribution in [3.05, 3.63) is 54.1 Å². The van der Waals surface area contributed by atoms with Gasteiger partial charge in [-0.3, -0.25) is 5.41 Å². The SMILES string of the molecule is Cc1cccc(N2C/C=C\C=C/CN/C2=N\C=N)c1. The third-order valence-electron chi connectivity index (χ3n) is 2.81. The highest BCUT2D eigenvalue weighted by Crippen LogP contribution is 2.16. The molecule has 0 aromatic heterocycles. The van der Waals surface area contributed by atoms with Crippen LogP contribution in [0.15, 0.2) is 53.6 Å². The standard InChI is InChI=1S/C15H18N4/c1-13-7-6-8-14(11-13)19-10-5-3-2-4-9-17-15(19)18-12-16/h2-8,11-12H,9-10H2,1H3,(H2,16,17,18)/b4-2-,5-3-. The summed E-state index contributed by atoms with van der Waals surface area (Å²) in [5, 5.41) is 10.4. The molecule has 0 unspecified atom stereocenters. The molecule has 0 fully saturated rings. The lowest BCUT2D eigenvalue weighted by atomic mass is 10.2. The number of rotatable bonds is 2. The Balaban J connectivity index is 2.36. The molecule has 0 saturated carbocycles. The molecular formula is C15H18N4. The molecule has 1 heterocycles. The molecule has 0 aliphatic carbocycles. The van der Waals surface area contributed by atoms with Gasteiger partial charge in [-0.05, 0) is 24.6 Å². The van der Waals surface area contributed by atoms with E-state index < -0.39 is 0 Å². The van der Waals surface area contributed by atoms with Crippen molar-refractivity contribution >= 4 is 18.0 Å². The molecule has 0 amide bonds. The molecule has 0 spiro atoms. The number of hydrogen-bond acceptors (Lipinski definition) is 1. The summed E-state index contributed by atoms with van der Waals surface area (Å²) in [5.41, 5.74) is 2.27. The normalized spacial score (nSPS) is 20.9. The van der Waals surface area contributed by atoms with Crippen LogP contribution >= 0.6 is 0 Å². The molecule has 19 heavy (non-hydrogen) atoms. The molecule has 1 aromatic rings. The summed E-state index contributed by atoms with van der Waals surface area (Å²) in [6.45, 7) is 3.48. The zero-order chi connectivity index (χ0) is 13.5. The van der Waals surface area contributed by atoms with Crippen LogP contribution in [-0.2, 0) is 0 Å². The molecule has 1 aliphatic heterocycles. The Bertz CT molecular complexity index is 529. The van der Waals surface area contributed by atoms with E-state index in [1.54, 1.807) is 0 Å². The van der Waals surface area contributed by atoms with Gasteiger partial charge < -0.3 is 10.2 Å². The number of hydrogen-bond donors (Lipinski definition) is 2. The maximum atomic E-state index is 7.20. The van der Waals surface area contributed by atoms with Crippen LogP contribution in [0.5, 0.6) is 0 Å². The molecule has 0 bridgehead atoms. The van der Waals surface area contributed by atoms with E-state index in [2.05, 4.69) is 40.3 Å². The molecule has 4 nitrogen and oxygen atoms in total. The van der Waals surface area contributed by atoms with E-state index in [1.807, 2.05) is 30.4 Å². The van der Waals surface area contributed by atoms with Gasteiger partial charge in [-0.1, -0.05) is 36.4 Å². The van der Waals surface area contributed by atoms with Crippen molar-refractivity contribution in [1.29, 1.82) is 5.41 Å². The van der Waals surface area contributed by atoms with E-state index in [4.69, 9.17) is 5.41 Å². The minimum absolute atomic E-state index is 0.691. The summed E-state index contributed by atoms with van der Waals surface area (Å²) in [4.78, 5) is 6.18. The maximum Gasteiger partial charge on any atom is 0.205 e. The summed E-state index contributed by atoms with van der Waals surface area (Å²) >= 11 is 0. The minimum atomic E-state index is 0.691. The second kappa shape index (κ2) is 6.54. The second-order valence-electron chi connectivity index (χ2n) is 4.27. The quantitative estimate of drug-likeness (QED) is 0.629. The van der Waals surface area contributed by atoms with Crippen LogP contribution in [0.3, 0.4) is 0 Å². The van der Waals surface area contributed by atoms with Crippen molar-refractivity contribution in [3.63, 3.8) is 0 Å². The number of aliphatic imine (C=N–C) groups is 1. The summed E-state index contributed by atoms with van der Waals surface area (Å²) < 4.78 is 0. The van der Waals surface area contributed by atoms with Crippen LogP contribution in [0.1, 0.15) is 5.56 Å². The van der Waals surface area contributed by atoms with Gasteiger partial charge >= 0.3 is 0 Å². The van der Waals surface area contributed by atoms with Gasteiger partial charge in [0.1, 0.15) is 6.34 Å². The molecule has 2 N–H and O–H groups in total. The number of nitrogens with zero attached hydrogens (tertiary/aromatic N) is 2. The number of anilines is 1. The Morgan fingerprint density at radius 3 is 2.95 bits per heavy atom. The first-order valence-corrected chi connectivity index (χ1v) is 6.28. The first-order valence-electron chi connectivity index (χ1n) is 6.28. The zero-order valence-corrected chi connectivity index (χ0v) is 11.0. The summed E-state index contributed by atoms with van der Waals surface area (Å²) in [7, 11) is 0. The van der Waals surface area contributed by atoms with Gasteiger partial charge in [0.25, 0.3) is 0 Å². The topological polar surface area (TPSA) is 51.5 Å². The van der Waals surface area contributed by atoms with Gasteiger partial charge in [-0.15, -0.1) is 0 Å². The molecule has 0 atom stereocenters. The van der Waals surface area contributed by atoms with Gasteiger partial charge in [0, 0.05) is 18.8 Å². The Morgan fingerprint density at radius 2 is 2.16 bits per heavy atom. The molecule has 0 radical (unpaired) electrons. The second-order valence-corrected chi connectivity index (χ2v) is 4.27. The molecule has 4 heteroatoms. The molecule has 1 aliphatic rings. The highest BCUT2D eigenvalue weighted by Gasteiger charge is 2.12. The van der Waals surface area contributed by atoms with E-state index in [1.165, 1.54) is 5.56 Å². The highest BCUT2D eigenvalue weighted by molar-refractivity contribution is 5.99. The molecule has 1 aromatic carbocycles. The van der Waals surface area contributed by atoms with E-state index in [9.17, 15) is 0 Å². The zero-order valence-electron chi connectivity index (χ0n) is 11.0. The fourth-order valence-corrected chi connectivity index (χ4v) is 1.92. The van der Waals surface area contributed by atoms with Gasteiger partial charge in [0.15, 0.2) is 0 Å². The van der Waals surface area contributed by atoms with Crippen molar-refractivity contribution < 1.29 is 0 Å². The average Bonchev–Trinajstić information content (AvgIpc) is 2.51. The van der Waals surface area contributed by atoms with E-state index >= 15 is 0 Å². The van der Waals surface area contributed by atoms with Crippen LogP contribution in [0.4, 0.5) is 5.69 Å². The summed E-state index contributed by atoms with van der Waals surface area (Å²) in [6.07, 6.45) is 9.20. The number of nitrogens with one attached hydrogen (secondary N) is 2. The Morgan fingerprint density at radius 1 is 1.32 bits per heavy atom. The van der Waals surface area contributed by atoms with Crippen molar-refractivity contribution in [2.75, 3.05) is 18.0 Å². The first-order chi connectivity index (χ1) is 9.31. The van der Waals surface area contributed by atoms with E-state index in [0.29, 0.717) is 19.0 Å². The van der Waals surface area contributed by atoms with E-state index in [0.717, 1.165) is 12.0 Å². The third kappa shape index (κ3) is 3.55. The molecular weight excluding hydrogens is 236 g/mol. The predicted molar refractivity (Wildman–Crippen MR) is 81.0 cm³/mol. The molecule has 0 saturated heterocycles. The molecule has 98 valence electrons. The van der Waals surface area contributed by atoms with Crippen molar-refractivity contribution in [1.82, 2.24) is 5.32 Å². The highest BCUT2D eigenvalue weighted by atomic mass is 15.3. The average molecular weight is 254 g/mol. The smallest absolute Gasteiger partial charge is 0.205 e. The van der Waals surface area contributed by atoms with Gasteiger partial charge in [-0.25, -0.2) is 4.99 Å². The van der Waals surface area contributed by atoms with E-state index in [-0.39, 0.29) is 0 Å². The largest absolute Gasteiger partial charge is 0.352 e. The Hall–Kier alpha value is -2.36. The number of benzene rings is 1. The maximum absolute atomic E-state index is 7.20.